The molecule has 0 aliphatic carbocycles. The third-order valence-electron chi connectivity index (χ3n) is 2.05. The quantitative estimate of drug-likeness (QED) is 0.547. The minimum absolute atomic E-state index is 0. The van der Waals surface area contributed by atoms with Crippen molar-refractivity contribution in [2.45, 2.75) is 13.8 Å². The van der Waals surface area contributed by atoms with Crippen LogP contribution in [0, 0.1) is 5.92 Å². The van der Waals surface area contributed by atoms with Gasteiger partial charge in [-0.05, 0) is 5.92 Å². The molecular weight excluding hydrogens is 292 g/mol. The smallest absolute Gasteiger partial charge is 0.235 e. The van der Waals surface area contributed by atoms with Crippen molar-refractivity contribution < 1.29 is 17.9 Å². The third kappa shape index (κ3) is 13.9. The van der Waals surface area contributed by atoms with Crippen molar-refractivity contribution in [3.05, 3.63) is 0 Å². The van der Waals surface area contributed by atoms with Gasteiger partial charge in [-0.3, -0.25) is 4.79 Å². The van der Waals surface area contributed by atoms with Crippen LogP contribution >= 0.6 is 12.4 Å². The molecule has 0 aromatic heterocycles. The van der Waals surface area contributed by atoms with Gasteiger partial charge >= 0.3 is 0 Å². The maximum Gasteiger partial charge on any atom is 0.235 e. The van der Waals surface area contributed by atoms with Crippen molar-refractivity contribution in [2.24, 2.45) is 5.92 Å². The summed E-state index contributed by atoms with van der Waals surface area (Å²) in [4.78, 5) is 11.4. The van der Waals surface area contributed by atoms with Crippen LogP contribution in [-0.4, -0.2) is 59.2 Å². The molecule has 0 atom stereocenters. The average molecular weight is 317 g/mol. The zero-order chi connectivity index (χ0) is 14.0. The van der Waals surface area contributed by atoms with Crippen LogP contribution in [0.4, 0.5) is 0 Å². The molecule has 116 valence electrons. The molecular formula is C11H25ClN2O4S. The number of carbonyl (C=O) groups excluding carboxylic acids is 1. The molecule has 0 aliphatic heterocycles. The summed E-state index contributed by atoms with van der Waals surface area (Å²) in [5.74, 6) is -0.779. The lowest BCUT2D eigenvalue weighted by molar-refractivity contribution is -0.118. The normalized spacial score (nSPS) is 11.2. The summed E-state index contributed by atoms with van der Waals surface area (Å²) in [7, 11) is -1.67. The first-order valence-corrected chi connectivity index (χ1v) is 7.86. The van der Waals surface area contributed by atoms with Gasteiger partial charge in [0.25, 0.3) is 0 Å². The number of nitrogens with one attached hydrogen (secondary N) is 2. The molecule has 1 amide bonds. The standard InChI is InChI=1S/C11H24N2O4S.ClH/c1-10(2)8-18(15,16)9-11(14)13-5-4-12-6-7-17-3;/h10,12H,4-9H2,1-3H3,(H,13,14);1H. The number of hydrogen-bond donors (Lipinski definition) is 2. The van der Waals surface area contributed by atoms with Crippen LogP contribution in [0.1, 0.15) is 13.8 Å². The molecule has 0 heterocycles. The zero-order valence-corrected chi connectivity index (χ0v) is 13.4. The van der Waals surface area contributed by atoms with E-state index in [1.807, 2.05) is 13.8 Å². The molecule has 6 nitrogen and oxygen atoms in total. The van der Waals surface area contributed by atoms with Gasteiger partial charge in [0.2, 0.25) is 5.91 Å². The molecule has 2 N–H and O–H groups in total. The Hall–Kier alpha value is -0.370. The molecule has 0 aromatic carbocycles. The highest BCUT2D eigenvalue weighted by atomic mass is 35.5. The number of ether oxygens (including phenoxy) is 1. The number of halogens is 1. The maximum atomic E-state index is 11.5. The van der Waals surface area contributed by atoms with Gasteiger partial charge in [0, 0.05) is 26.7 Å². The molecule has 0 saturated heterocycles. The molecule has 0 rings (SSSR count). The van der Waals surface area contributed by atoms with Crippen LogP contribution in [0.25, 0.3) is 0 Å². The predicted molar refractivity (Wildman–Crippen MR) is 78.5 cm³/mol. The van der Waals surface area contributed by atoms with Crippen molar-refractivity contribution >= 4 is 28.2 Å². The number of methoxy groups -OCH3 is 1. The molecule has 8 heteroatoms. The Bertz CT molecular complexity index is 334. The lowest BCUT2D eigenvalue weighted by atomic mass is 10.3. The van der Waals surface area contributed by atoms with Crippen molar-refractivity contribution in [3.63, 3.8) is 0 Å². The number of carbonyl (C=O) groups is 1. The lowest BCUT2D eigenvalue weighted by Gasteiger charge is -2.08. The van der Waals surface area contributed by atoms with E-state index in [4.69, 9.17) is 4.74 Å². The SMILES string of the molecule is COCCNCCNC(=O)CS(=O)(=O)CC(C)C.Cl. The van der Waals surface area contributed by atoms with E-state index in [2.05, 4.69) is 10.6 Å². The molecule has 0 unspecified atom stereocenters. The van der Waals surface area contributed by atoms with E-state index in [1.165, 1.54) is 0 Å². The largest absolute Gasteiger partial charge is 0.383 e. The monoisotopic (exact) mass is 316 g/mol. The van der Waals surface area contributed by atoms with Gasteiger partial charge in [0.1, 0.15) is 5.75 Å². The van der Waals surface area contributed by atoms with Crippen LogP contribution in [0.15, 0.2) is 0 Å². The number of hydrogen-bond acceptors (Lipinski definition) is 5. The molecule has 19 heavy (non-hydrogen) atoms. The summed E-state index contributed by atoms with van der Waals surface area (Å²) in [6.45, 7) is 5.96. The van der Waals surface area contributed by atoms with Crippen LogP contribution in [0.5, 0.6) is 0 Å². The Balaban J connectivity index is 0. The highest BCUT2D eigenvalue weighted by molar-refractivity contribution is 7.92. The van der Waals surface area contributed by atoms with Gasteiger partial charge in [-0.2, -0.15) is 0 Å². The lowest BCUT2D eigenvalue weighted by Crippen LogP contribution is -2.37. The minimum Gasteiger partial charge on any atom is -0.383 e. The summed E-state index contributed by atoms with van der Waals surface area (Å²) in [6.07, 6.45) is 0. The van der Waals surface area contributed by atoms with E-state index in [9.17, 15) is 13.2 Å². The summed E-state index contributed by atoms with van der Waals surface area (Å²) in [5, 5.41) is 5.62. The molecule has 0 spiro atoms. The van der Waals surface area contributed by atoms with E-state index in [0.717, 1.165) is 0 Å². The fourth-order valence-electron chi connectivity index (χ4n) is 1.41. The van der Waals surface area contributed by atoms with Crippen LogP contribution in [-0.2, 0) is 19.4 Å². The minimum atomic E-state index is -3.28. The summed E-state index contributed by atoms with van der Waals surface area (Å²) < 4.78 is 27.9. The van der Waals surface area contributed by atoms with Crippen LogP contribution in [0.2, 0.25) is 0 Å². The second-order valence-electron chi connectivity index (χ2n) is 4.54. The Morgan fingerprint density at radius 3 is 2.37 bits per heavy atom. The molecule has 0 radical (unpaired) electrons. The van der Waals surface area contributed by atoms with E-state index < -0.39 is 21.5 Å². The van der Waals surface area contributed by atoms with Gasteiger partial charge in [0.05, 0.1) is 12.4 Å². The summed E-state index contributed by atoms with van der Waals surface area (Å²) in [6, 6.07) is 0. The highest BCUT2D eigenvalue weighted by Crippen LogP contribution is 2.00. The first kappa shape index (κ1) is 20.9. The second kappa shape index (κ2) is 11.5. The molecule has 0 bridgehead atoms. The van der Waals surface area contributed by atoms with E-state index in [0.29, 0.717) is 26.2 Å². The van der Waals surface area contributed by atoms with Crippen molar-refractivity contribution in [1.29, 1.82) is 0 Å². The number of amides is 1. The highest BCUT2D eigenvalue weighted by Gasteiger charge is 2.17. The average Bonchev–Trinajstić information content (AvgIpc) is 2.20. The maximum absolute atomic E-state index is 11.5. The van der Waals surface area contributed by atoms with Crippen LogP contribution < -0.4 is 10.6 Å². The van der Waals surface area contributed by atoms with Crippen molar-refractivity contribution in [3.8, 4) is 0 Å². The Kier molecular flexibility index (Phi) is 12.6. The van der Waals surface area contributed by atoms with Gasteiger partial charge in [-0.25, -0.2) is 8.42 Å². The van der Waals surface area contributed by atoms with E-state index >= 15 is 0 Å². The third-order valence-corrected chi connectivity index (χ3v) is 3.92. The van der Waals surface area contributed by atoms with Crippen molar-refractivity contribution in [2.75, 3.05) is 44.9 Å². The van der Waals surface area contributed by atoms with E-state index in [-0.39, 0.29) is 24.1 Å². The second-order valence-corrected chi connectivity index (χ2v) is 6.65. The van der Waals surface area contributed by atoms with E-state index in [1.54, 1.807) is 7.11 Å². The molecule has 0 aromatic rings. The Morgan fingerprint density at radius 2 is 1.84 bits per heavy atom. The van der Waals surface area contributed by atoms with Crippen molar-refractivity contribution in [1.82, 2.24) is 10.6 Å². The van der Waals surface area contributed by atoms with Crippen LogP contribution in [0.3, 0.4) is 0 Å². The fraction of sp³-hybridized carbons (Fsp3) is 0.909. The summed E-state index contributed by atoms with van der Waals surface area (Å²) >= 11 is 0. The van der Waals surface area contributed by atoms with Gasteiger partial charge in [0.15, 0.2) is 9.84 Å². The first-order chi connectivity index (χ1) is 8.37. The summed E-state index contributed by atoms with van der Waals surface area (Å²) in [5.41, 5.74) is 0. The molecule has 0 aliphatic rings. The topological polar surface area (TPSA) is 84.5 Å². The van der Waals surface area contributed by atoms with Gasteiger partial charge in [-0.15, -0.1) is 12.4 Å². The Labute approximate surface area is 122 Å². The van der Waals surface area contributed by atoms with Gasteiger partial charge < -0.3 is 15.4 Å². The Morgan fingerprint density at radius 1 is 1.21 bits per heavy atom. The number of rotatable bonds is 10. The fourth-order valence-corrected chi connectivity index (χ4v) is 3.04. The molecule has 0 fully saturated rings. The zero-order valence-electron chi connectivity index (χ0n) is 11.8. The first-order valence-electron chi connectivity index (χ1n) is 6.04. The predicted octanol–water partition coefficient (Wildman–Crippen LogP) is -0.169. The van der Waals surface area contributed by atoms with Gasteiger partial charge in [-0.1, -0.05) is 13.8 Å². The number of sulfone groups is 1. The molecule has 0 saturated carbocycles.